The highest BCUT2D eigenvalue weighted by Crippen LogP contribution is 2.40. The molecule has 2 aliphatic rings. The maximum atomic E-state index is 12.8. The van der Waals surface area contributed by atoms with E-state index in [1.54, 1.807) is 24.0 Å². The minimum Gasteiger partial charge on any atom is -0.486 e. The lowest BCUT2D eigenvalue weighted by Crippen LogP contribution is -2.53. The molecule has 7 heteroatoms. The molecule has 1 saturated heterocycles. The molecule has 1 aromatic rings. The van der Waals surface area contributed by atoms with Crippen molar-refractivity contribution in [1.29, 1.82) is 0 Å². The molecule has 0 saturated carbocycles. The van der Waals surface area contributed by atoms with Crippen molar-refractivity contribution in [3.63, 3.8) is 0 Å². The van der Waals surface area contributed by atoms with Crippen LogP contribution in [0.5, 0.6) is 5.75 Å². The first-order chi connectivity index (χ1) is 13.0. The van der Waals surface area contributed by atoms with Gasteiger partial charge in [-0.3, -0.25) is 4.79 Å². The van der Waals surface area contributed by atoms with E-state index in [1.165, 1.54) is 7.11 Å². The molecule has 7 nitrogen and oxygen atoms in total. The van der Waals surface area contributed by atoms with Crippen LogP contribution in [-0.4, -0.2) is 54.1 Å². The Morgan fingerprint density at radius 3 is 2.39 bits per heavy atom. The van der Waals surface area contributed by atoms with Crippen molar-refractivity contribution in [2.24, 2.45) is 0 Å². The predicted octanol–water partition coefficient (Wildman–Crippen LogP) is 3.52. The first-order valence-corrected chi connectivity index (χ1v) is 9.47. The van der Waals surface area contributed by atoms with Crippen LogP contribution < -0.4 is 4.74 Å². The lowest BCUT2D eigenvalue weighted by molar-refractivity contribution is -0.0227. The monoisotopic (exact) mass is 389 g/mol. The second kappa shape index (κ2) is 7.11. The fourth-order valence-corrected chi connectivity index (χ4v) is 3.68. The summed E-state index contributed by atoms with van der Waals surface area (Å²) in [6, 6.07) is 3.28. The molecule has 1 aromatic carbocycles. The molecule has 28 heavy (non-hydrogen) atoms. The minimum absolute atomic E-state index is 0.00789. The third-order valence-corrected chi connectivity index (χ3v) is 5.17. The Hall–Kier alpha value is -2.57. The summed E-state index contributed by atoms with van der Waals surface area (Å²) in [6.07, 6.45) is 0.963. The summed E-state index contributed by atoms with van der Waals surface area (Å²) in [4.78, 5) is 38.7. The molecule has 2 heterocycles. The molecular weight excluding hydrogens is 362 g/mol. The molecule has 0 radical (unpaired) electrons. The number of ketones is 1. The van der Waals surface area contributed by atoms with Gasteiger partial charge in [-0.05, 0) is 45.4 Å². The van der Waals surface area contributed by atoms with Crippen LogP contribution in [0.1, 0.15) is 66.3 Å². The average molecular weight is 389 g/mol. The third kappa shape index (κ3) is 3.98. The molecule has 0 aromatic heterocycles. The SMILES string of the molecule is COC(=O)c1cc2c(cc1C)C(=O)CC1(CCN(C(=O)OC(C)(C)C)CC1)O2. The van der Waals surface area contributed by atoms with Gasteiger partial charge < -0.3 is 19.1 Å². The molecule has 0 bridgehead atoms. The third-order valence-electron chi connectivity index (χ3n) is 5.17. The van der Waals surface area contributed by atoms with Crippen molar-refractivity contribution >= 4 is 17.8 Å². The van der Waals surface area contributed by atoms with Crippen LogP contribution in [0.3, 0.4) is 0 Å². The molecule has 0 atom stereocenters. The van der Waals surface area contributed by atoms with Gasteiger partial charge in [0, 0.05) is 25.9 Å². The number of hydrogen-bond acceptors (Lipinski definition) is 6. The van der Waals surface area contributed by atoms with Gasteiger partial charge in [0.2, 0.25) is 0 Å². The van der Waals surface area contributed by atoms with Crippen LogP contribution in [0.25, 0.3) is 0 Å². The van der Waals surface area contributed by atoms with E-state index >= 15 is 0 Å². The second-order valence-electron chi connectivity index (χ2n) is 8.51. The summed E-state index contributed by atoms with van der Waals surface area (Å²) in [6.45, 7) is 8.16. The quantitative estimate of drug-likeness (QED) is 0.684. The zero-order chi connectivity index (χ0) is 20.7. The number of piperidine rings is 1. The topological polar surface area (TPSA) is 82.1 Å². The van der Waals surface area contributed by atoms with E-state index in [2.05, 4.69) is 0 Å². The Labute approximate surface area is 164 Å². The van der Waals surface area contributed by atoms with E-state index in [0.29, 0.717) is 48.4 Å². The van der Waals surface area contributed by atoms with Gasteiger partial charge in [-0.15, -0.1) is 0 Å². The molecule has 0 N–H and O–H groups in total. The van der Waals surface area contributed by atoms with Crippen molar-refractivity contribution in [2.45, 2.75) is 58.2 Å². The number of esters is 1. The number of rotatable bonds is 1. The lowest BCUT2D eigenvalue weighted by Gasteiger charge is -2.44. The number of hydrogen-bond donors (Lipinski definition) is 0. The second-order valence-corrected chi connectivity index (χ2v) is 8.51. The average Bonchev–Trinajstić information content (AvgIpc) is 2.60. The molecule has 0 unspecified atom stereocenters. The van der Waals surface area contributed by atoms with Crippen LogP contribution in [0.2, 0.25) is 0 Å². The molecule has 1 fully saturated rings. The van der Waals surface area contributed by atoms with Crippen LogP contribution in [-0.2, 0) is 9.47 Å². The summed E-state index contributed by atoms with van der Waals surface area (Å²) < 4.78 is 16.5. The minimum atomic E-state index is -0.661. The Morgan fingerprint density at radius 2 is 1.82 bits per heavy atom. The molecular formula is C21H27NO6. The van der Waals surface area contributed by atoms with Gasteiger partial charge in [-0.2, -0.15) is 0 Å². The highest BCUT2D eigenvalue weighted by Gasteiger charge is 2.44. The number of benzene rings is 1. The van der Waals surface area contributed by atoms with Crippen molar-refractivity contribution in [3.8, 4) is 5.75 Å². The van der Waals surface area contributed by atoms with Crippen LogP contribution in [0.4, 0.5) is 4.79 Å². The fraction of sp³-hybridized carbons (Fsp3) is 0.571. The smallest absolute Gasteiger partial charge is 0.410 e. The maximum Gasteiger partial charge on any atom is 0.410 e. The van der Waals surface area contributed by atoms with Gasteiger partial charge in [-0.25, -0.2) is 9.59 Å². The Morgan fingerprint density at radius 1 is 1.18 bits per heavy atom. The summed E-state index contributed by atoms with van der Waals surface area (Å²) in [5.74, 6) is -0.0600. The van der Waals surface area contributed by atoms with Crippen molar-refractivity contribution in [3.05, 3.63) is 28.8 Å². The van der Waals surface area contributed by atoms with E-state index in [0.717, 1.165) is 0 Å². The van der Waals surface area contributed by atoms with Crippen LogP contribution in [0, 0.1) is 6.92 Å². The number of ether oxygens (including phenoxy) is 3. The van der Waals surface area contributed by atoms with Gasteiger partial charge >= 0.3 is 12.1 Å². The van der Waals surface area contributed by atoms with Gasteiger partial charge in [0.15, 0.2) is 5.78 Å². The number of fused-ring (bicyclic) bond motifs is 1. The fourth-order valence-electron chi connectivity index (χ4n) is 3.68. The molecule has 2 aliphatic heterocycles. The van der Waals surface area contributed by atoms with Crippen molar-refractivity contribution in [1.82, 2.24) is 4.90 Å². The van der Waals surface area contributed by atoms with E-state index in [9.17, 15) is 14.4 Å². The van der Waals surface area contributed by atoms with Gasteiger partial charge in [0.05, 0.1) is 24.7 Å². The van der Waals surface area contributed by atoms with Crippen LogP contribution in [0.15, 0.2) is 12.1 Å². The number of carbonyl (C=O) groups excluding carboxylic acids is 3. The molecule has 1 amide bonds. The number of aryl methyl sites for hydroxylation is 1. The van der Waals surface area contributed by atoms with Crippen LogP contribution >= 0.6 is 0 Å². The Bertz CT molecular complexity index is 815. The maximum absolute atomic E-state index is 12.8. The zero-order valence-corrected chi connectivity index (χ0v) is 17.1. The molecule has 0 aliphatic carbocycles. The number of methoxy groups -OCH3 is 1. The highest BCUT2D eigenvalue weighted by atomic mass is 16.6. The van der Waals surface area contributed by atoms with Gasteiger partial charge in [0.1, 0.15) is 17.0 Å². The molecule has 1 spiro atoms. The summed E-state index contributed by atoms with van der Waals surface area (Å²) in [5.41, 5.74) is 0.344. The number of carbonyl (C=O) groups is 3. The zero-order valence-electron chi connectivity index (χ0n) is 17.1. The predicted molar refractivity (Wildman–Crippen MR) is 102 cm³/mol. The first-order valence-electron chi connectivity index (χ1n) is 9.47. The number of Topliss-reactive ketones (excluding diaryl/α,β-unsaturated/α-hetero) is 1. The standard InChI is InChI=1S/C21H27NO6/c1-13-10-15-16(23)12-21(27-17(15)11-14(13)18(24)26-5)6-8-22(9-7-21)19(25)28-20(2,3)4/h10-11H,6-9,12H2,1-5H3. The Kier molecular flexibility index (Phi) is 5.12. The largest absolute Gasteiger partial charge is 0.486 e. The molecule has 3 rings (SSSR count). The highest BCUT2D eigenvalue weighted by molar-refractivity contribution is 6.02. The number of nitrogens with zero attached hydrogens (tertiary/aromatic N) is 1. The Balaban J connectivity index is 1.78. The van der Waals surface area contributed by atoms with Crippen molar-refractivity contribution < 1.29 is 28.6 Å². The molecule has 152 valence electrons. The van der Waals surface area contributed by atoms with E-state index in [4.69, 9.17) is 14.2 Å². The number of likely N-dealkylation sites (tertiary alicyclic amines) is 1. The van der Waals surface area contributed by atoms with E-state index in [-0.39, 0.29) is 18.3 Å². The van der Waals surface area contributed by atoms with E-state index in [1.807, 2.05) is 20.8 Å². The number of amides is 1. The summed E-state index contributed by atoms with van der Waals surface area (Å²) in [5, 5.41) is 0. The normalized spacial score (nSPS) is 18.3. The van der Waals surface area contributed by atoms with E-state index < -0.39 is 17.2 Å². The lowest BCUT2D eigenvalue weighted by atomic mass is 9.82. The summed E-state index contributed by atoms with van der Waals surface area (Å²) >= 11 is 0. The summed E-state index contributed by atoms with van der Waals surface area (Å²) in [7, 11) is 1.32. The van der Waals surface area contributed by atoms with Crippen molar-refractivity contribution in [2.75, 3.05) is 20.2 Å². The first kappa shape index (κ1) is 20.2. The van der Waals surface area contributed by atoms with Gasteiger partial charge in [0.25, 0.3) is 0 Å². The van der Waals surface area contributed by atoms with Gasteiger partial charge in [-0.1, -0.05) is 0 Å².